The molecule has 0 aliphatic carbocycles. The molecule has 0 radical (unpaired) electrons. The van der Waals surface area contributed by atoms with Gasteiger partial charge in [0.1, 0.15) is 11.4 Å². The molecule has 0 saturated carbocycles. The van der Waals surface area contributed by atoms with Crippen LogP contribution >= 0.6 is 0 Å². The molecule has 2 aromatic carbocycles. The molecule has 1 amide bonds. The van der Waals surface area contributed by atoms with Gasteiger partial charge in [0.25, 0.3) is 0 Å². The van der Waals surface area contributed by atoms with E-state index in [1.54, 1.807) is 37.3 Å². The Balaban J connectivity index is 1.62. The van der Waals surface area contributed by atoms with E-state index in [2.05, 4.69) is 30.6 Å². The molecule has 9 nitrogen and oxygen atoms in total. The van der Waals surface area contributed by atoms with Crippen LogP contribution in [0.3, 0.4) is 0 Å². The largest absolute Gasteiger partial charge is 0.421 e. The summed E-state index contributed by atoms with van der Waals surface area (Å²) in [7, 11) is -3.60. The van der Waals surface area contributed by atoms with Crippen molar-refractivity contribution in [3.63, 3.8) is 0 Å². The third-order valence-corrected chi connectivity index (χ3v) is 5.81. The summed E-state index contributed by atoms with van der Waals surface area (Å²) in [4.78, 5) is 19.4. The van der Waals surface area contributed by atoms with Crippen LogP contribution in [0.1, 0.15) is 22.3 Å². The maximum atomic E-state index is 13.6. The van der Waals surface area contributed by atoms with Crippen LogP contribution in [0.25, 0.3) is 0 Å². The number of halogens is 3. The summed E-state index contributed by atoms with van der Waals surface area (Å²) in [6.45, 7) is 1.59. The van der Waals surface area contributed by atoms with Crippen molar-refractivity contribution in [3.05, 3.63) is 64.8 Å². The number of aryl methyl sites for hydroxylation is 1. The first kappa shape index (κ1) is 24.3. The van der Waals surface area contributed by atoms with Crippen LogP contribution in [-0.4, -0.2) is 30.5 Å². The maximum absolute atomic E-state index is 13.6. The lowest BCUT2D eigenvalue weighted by Gasteiger charge is -2.17. The number of rotatable bonds is 7. The molecule has 0 unspecified atom stereocenters. The number of alkyl halides is 3. The number of carbonyl (C=O) groups is 1. The predicted molar refractivity (Wildman–Crippen MR) is 126 cm³/mol. The fourth-order valence-electron chi connectivity index (χ4n) is 3.62. The van der Waals surface area contributed by atoms with E-state index >= 15 is 0 Å². The minimum atomic E-state index is -4.72. The van der Waals surface area contributed by atoms with Gasteiger partial charge >= 0.3 is 6.18 Å². The van der Waals surface area contributed by atoms with Crippen LogP contribution in [0.4, 0.5) is 42.0 Å². The van der Waals surface area contributed by atoms with Gasteiger partial charge in [0.2, 0.25) is 21.9 Å². The van der Waals surface area contributed by atoms with E-state index in [1.807, 2.05) is 0 Å². The van der Waals surface area contributed by atoms with Crippen molar-refractivity contribution in [2.75, 3.05) is 26.9 Å². The number of fused-ring (bicyclic) bond motifs is 1. The molecule has 184 valence electrons. The van der Waals surface area contributed by atoms with Gasteiger partial charge in [-0.05, 0) is 47.9 Å². The molecular formula is C22H21F3N6O3S. The highest BCUT2D eigenvalue weighted by molar-refractivity contribution is 7.92. The van der Waals surface area contributed by atoms with Gasteiger partial charge in [0.05, 0.1) is 18.4 Å². The van der Waals surface area contributed by atoms with Gasteiger partial charge < -0.3 is 16.0 Å². The topological polar surface area (TPSA) is 125 Å². The van der Waals surface area contributed by atoms with Crippen molar-refractivity contribution < 1.29 is 26.4 Å². The first-order chi connectivity index (χ1) is 16.4. The fraction of sp³-hybridized carbons (Fsp3) is 0.227. The lowest BCUT2D eigenvalue weighted by atomic mass is 10.1. The summed E-state index contributed by atoms with van der Waals surface area (Å²) in [6.07, 6.45) is -2.86. The molecule has 1 aromatic heterocycles. The number of amides is 1. The fourth-order valence-corrected chi connectivity index (χ4v) is 4.22. The minimum absolute atomic E-state index is 0.0861. The number of nitrogens with zero attached hydrogens (tertiary/aromatic N) is 2. The summed E-state index contributed by atoms with van der Waals surface area (Å²) >= 11 is 0. The van der Waals surface area contributed by atoms with Gasteiger partial charge in [0.15, 0.2) is 0 Å². The highest BCUT2D eigenvalue weighted by Crippen LogP contribution is 2.35. The Kier molecular flexibility index (Phi) is 6.28. The summed E-state index contributed by atoms with van der Waals surface area (Å²) in [5.41, 5.74) is 2.25. The number of anilines is 5. The SMILES string of the molecule is Cc1cccc(NS(C)(=O)=O)c1CNc1nc(Nc2ccc3c(c2)CC(=O)N3)ncc1C(F)(F)F. The molecule has 2 heterocycles. The smallest absolute Gasteiger partial charge is 0.365 e. The average Bonchev–Trinajstić information content (AvgIpc) is 3.11. The van der Waals surface area contributed by atoms with Gasteiger partial charge in [-0.1, -0.05) is 12.1 Å². The molecule has 4 N–H and O–H groups in total. The molecule has 13 heteroatoms. The number of benzene rings is 2. The Morgan fingerprint density at radius 2 is 1.94 bits per heavy atom. The van der Waals surface area contributed by atoms with E-state index in [-0.39, 0.29) is 30.5 Å². The zero-order valence-corrected chi connectivity index (χ0v) is 19.4. The second-order valence-electron chi connectivity index (χ2n) is 8.00. The van der Waals surface area contributed by atoms with Crippen LogP contribution in [0.5, 0.6) is 0 Å². The first-order valence-corrected chi connectivity index (χ1v) is 12.2. The number of hydrogen-bond acceptors (Lipinski definition) is 7. The third kappa shape index (κ3) is 5.80. The van der Waals surface area contributed by atoms with E-state index in [1.165, 1.54) is 6.07 Å². The van der Waals surface area contributed by atoms with Crippen LogP contribution in [0.2, 0.25) is 0 Å². The van der Waals surface area contributed by atoms with Crippen molar-refractivity contribution in [3.8, 4) is 0 Å². The molecule has 1 aliphatic heterocycles. The van der Waals surface area contributed by atoms with Crippen LogP contribution < -0.4 is 20.7 Å². The summed E-state index contributed by atoms with van der Waals surface area (Å²) in [5, 5.41) is 8.24. The van der Waals surface area contributed by atoms with Crippen molar-refractivity contribution >= 4 is 44.8 Å². The molecule has 3 aromatic rings. The number of nitrogens with one attached hydrogen (secondary N) is 4. The van der Waals surface area contributed by atoms with Crippen LogP contribution in [0, 0.1) is 6.92 Å². The second-order valence-corrected chi connectivity index (χ2v) is 9.75. The quantitative estimate of drug-likeness (QED) is 0.381. The van der Waals surface area contributed by atoms with Gasteiger partial charge in [0, 0.05) is 24.1 Å². The van der Waals surface area contributed by atoms with Crippen molar-refractivity contribution in [2.24, 2.45) is 0 Å². The molecule has 0 bridgehead atoms. The predicted octanol–water partition coefficient (Wildman–Crippen LogP) is 4.03. The Morgan fingerprint density at radius 1 is 1.17 bits per heavy atom. The Labute approximate surface area is 199 Å². The van der Waals surface area contributed by atoms with Crippen LogP contribution in [-0.2, 0) is 34.0 Å². The van der Waals surface area contributed by atoms with E-state index in [0.29, 0.717) is 28.7 Å². The molecule has 0 atom stereocenters. The Morgan fingerprint density at radius 3 is 2.66 bits per heavy atom. The number of hydrogen-bond donors (Lipinski definition) is 4. The monoisotopic (exact) mass is 506 g/mol. The lowest BCUT2D eigenvalue weighted by Crippen LogP contribution is -2.16. The van der Waals surface area contributed by atoms with E-state index < -0.39 is 27.6 Å². The normalized spacial score (nSPS) is 13.2. The summed E-state index contributed by atoms with van der Waals surface area (Å²) in [5.74, 6) is -0.700. The zero-order chi connectivity index (χ0) is 25.4. The van der Waals surface area contributed by atoms with Gasteiger partial charge in [-0.3, -0.25) is 9.52 Å². The lowest BCUT2D eigenvalue weighted by molar-refractivity contribution is -0.137. The Bertz CT molecular complexity index is 1410. The van der Waals surface area contributed by atoms with Gasteiger partial charge in [-0.2, -0.15) is 18.2 Å². The zero-order valence-electron chi connectivity index (χ0n) is 18.6. The second kappa shape index (κ2) is 9.06. The van der Waals surface area contributed by atoms with Gasteiger partial charge in [-0.15, -0.1) is 0 Å². The summed E-state index contributed by atoms with van der Waals surface area (Å²) < 4.78 is 66.7. The Hall–Kier alpha value is -3.87. The minimum Gasteiger partial charge on any atom is -0.365 e. The molecule has 4 rings (SSSR count). The van der Waals surface area contributed by atoms with Gasteiger partial charge in [-0.25, -0.2) is 13.4 Å². The molecule has 1 aliphatic rings. The molecule has 0 spiro atoms. The van der Waals surface area contributed by atoms with Crippen molar-refractivity contribution in [1.29, 1.82) is 0 Å². The van der Waals surface area contributed by atoms with Crippen molar-refractivity contribution in [1.82, 2.24) is 9.97 Å². The third-order valence-electron chi connectivity index (χ3n) is 5.22. The van der Waals surface area contributed by atoms with E-state index in [4.69, 9.17) is 0 Å². The number of sulfonamides is 1. The van der Waals surface area contributed by atoms with E-state index in [9.17, 15) is 26.4 Å². The highest BCUT2D eigenvalue weighted by Gasteiger charge is 2.35. The molecule has 35 heavy (non-hydrogen) atoms. The highest BCUT2D eigenvalue weighted by atomic mass is 32.2. The van der Waals surface area contributed by atoms with Crippen LogP contribution in [0.15, 0.2) is 42.6 Å². The number of aromatic nitrogens is 2. The molecule has 0 saturated heterocycles. The molecule has 0 fully saturated rings. The molecular weight excluding hydrogens is 485 g/mol. The van der Waals surface area contributed by atoms with E-state index in [0.717, 1.165) is 11.8 Å². The number of carbonyl (C=O) groups excluding carboxylic acids is 1. The van der Waals surface area contributed by atoms with Crippen molar-refractivity contribution in [2.45, 2.75) is 26.1 Å². The first-order valence-electron chi connectivity index (χ1n) is 10.3. The summed E-state index contributed by atoms with van der Waals surface area (Å²) in [6, 6.07) is 9.90. The maximum Gasteiger partial charge on any atom is 0.421 e. The average molecular weight is 507 g/mol. The standard InChI is InChI=1S/C22H21F3N6O3S/c1-12-4-3-5-18(31-35(2,33)34)15(12)10-26-20-16(22(23,24)25)11-27-21(30-20)28-14-6-7-17-13(8-14)9-19(32)29-17/h3-8,11,31H,9-10H2,1-2H3,(H,29,32)(H2,26,27,28,30).